The summed E-state index contributed by atoms with van der Waals surface area (Å²) in [5, 5.41) is 12.1. The number of halogens is 1. The number of fused-ring (bicyclic) bond motifs is 2. The van der Waals surface area contributed by atoms with Crippen molar-refractivity contribution in [2.24, 2.45) is 5.92 Å². The number of pyridine rings is 1. The lowest BCUT2D eigenvalue weighted by Gasteiger charge is -2.40. The van der Waals surface area contributed by atoms with Crippen LogP contribution < -0.4 is 5.32 Å². The summed E-state index contributed by atoms with van der Waals surface area (Å²) >= 11 is 0. The Balaban J connectivity index is 1.72. The minimum Gasteiger partial charge on any atom is -0.480 e. The summed E-state index contributed by atoms with van der Waals surface area (Å²) in [6, 6.07) is 1.08. The number of ether oxygens (including phenoxy) is 1. The molecule has 2 bridgehead atoms. The summed E-state index contributed by atoms with van der Waals surface area (Å²) < 4.78 is 19.2. The molecule has 3 rings (SSSR count). The van der Waals surface area contributed by atoms with Crippen molar-refractivity contribution in [3.63, 3.8) is 0 Å². The Kier molecular flexibility index (Phi) is 5.77. The maximum atomic E-state index is 14.0. The van der Waals surface area contributed by atoms with E-state index in [1.165, 1.54) is 18.3 Å². The van der Waals surface area contributed by atoms with Crippen LogP contribution in [0.4, 0.5) is 9.18 Å². The maximum Gasteiger partial charge on any atom is 0.408 e. The second-order valence-electron chi connectivity index (χ2n) is 8.62. The first-order chi connectivity index (χ1) is 13.6. The van der Waals surface area contributed by atoms with Gasteiger partial charge >= 0.3 is 12.1 Å². The van der Waals surface area contributed by atoms with Crippen LogP contribution in [0, 0.1) is 11.7 Å². The van der Waals surface area contributed by atoms with E-state index in [0.29, 0.717) is 25.7 Å². The Morgan fingerprint density at radius 3 is 2.41 bits per heavy atom. The van der Waals surface area contributed by atoms with Crippen molar-refractivity contribution < 1.29 is 28.6 Å². The monoisotopic (exact) mass is 407 g/mol. The van der Waals surface area contributed by atoms with E-state index in [4.69, 9.17) is 4.74 Å². The lowest BCUT2D eigenvalue weighted by atomic mass is 9.84. The summed E-state index contributed by atoms with van der Waals surface area (Å²) in [4.78, 5) is 42.2. The van der Waals surface area contributed by atoms with E-state index < -0.39 is 35.4 Å². The molecule has 2 amide bonds. The number of hydrogen-bond acceptors (Lipinski definition) is 5. The second kappa shape index (κ2) is 7.96. The van der Waals surface area contributed by atoms with Crippen LogP contribution in [-0.4, -0.2) is 56.7 Å². The molecule has 2 aliphatic rings. The van der Waals surface area contributed by atoms with Gasteiger partial charge in [0.05, 0.1) is 0 Å². The zero-order valence-corrected chi connectivity index (χ0v) is 16.7. The molecule has 1 aromatic rings. The topological polar surface area (TPSA) is 109 Å². The van der Waals surface area contributed by atoms with Crippen LogP contribution in [0.5, 0.6) is 0 Å². The van der Waals surface area contributed by atoms with Gasteiger partial charge < -0.3 is 20.1 Å². The molecule has 3 atom stereocenters. The average molecular weight is 407 g/mol. The summed E-state index contributed by atoms with van der Waals surface area (Å²) in [7, 11) is 0. The van der Waals surface area contributed by atoms with Gasteiger partial charge in [-0.15, -0.1) is 0 Å². The fraction of sp³-hybridized carbons (Fsp3) is 0.600. The number of carbonyl (C=O) groups excluding carboxylic acids is 2. The summed E-state index contributed by atoms with van der Waals surface area (Å²) in [6.07, 6.45) is 2.81. The van der Waals surface area contributed by atoms with Crippen LogP contribution in [0.3, 0.4) is 0 Å². The first-order valence-corrected chi connectivity index (χ1v) is 9.72. The van der Waals surface area contributed by atoms with Gasteiger partial charge in [-0.2, -0.15) is 0 Å². The number of carboxylic acids is 1. The normalized spacial score (nSPS) is 24.7. The fourth-order valence-corrected chi connectivity index (χ4v) is 4.30. The SMILES string of the molecule is CC(C)(C)OC(=O)N[C@H](C(=O)O)C1CC2CCC(C1)N2C(=O)c1ncccc1F. The number of carbonyl (C=O) groups is 3. The highest BCUT2D eigenvalue weighted by atomic mass is 19.1. The van der Waals surface area contributed by atoms with Crippen molar-refractivity contribution >= 4 is 18.0 Å². The maximum absolute atomic E-state index is 14.0. The molecule has 9 heteroatoms. The molecule has 2 aliphatic heterocycles. The highest BCUT2D eigenvalue weighted by molar-refractivity contribution is 5.93. The van der Waals surface area contributed by atoms with E-state index in [-0.39, 0.29) is 23.7 Å². The molecule has 2 fully saturated rings. The number of aromatic nitrogens is 1. The fourth-order valence-electron chi connectivity index (χ4n) is 4.30. The van der Waals surface area contributed by atoms with Crippen molar-refractivity contribution in [1.29, 1.82) is 0 Å². The minimum absolute atomic E-state index is 0.213. The number of rotatable bonds is 4. The van der Waals surface area contributed by atoms with Crippen molar-refractivity contribution in [3.8, 4) is 0 Å². The largest absolute Gasteiger partial charge is 0.480 e. The molecule has 0 spiro atoms. The van der Waals surface area contributed by atoms with Crippen LogP contribution in [0.25, 0.3) is 0 Å². The summed E-state index contributed by atoms with van der Waals surface area (Å²) in [6.45, 7) is 5.09. The zero-order chi connectivity index (χ0) is 21.3. The van der Waals surface area contributed by atoms with Crippen molar-refractivity contribution in [3.05, 3.63) is 29.8 Å². The molecule has 2 N–H and O–H groups in total. The molecule has 158 valence electrons. The first kappa shape index (κ1) is 21.0. The van der Waals surface area contributed by atoms with Gasteiger partial charge in [0.15, 0.2) is 11.5 Å². The Hall–Kier alpha value is -2.71. The molecule has 1 aromatic heterocycles. The van der Waals surface area contributed by atoms with Gasteiger partial charge in [0.1, 0.15) is 11.6 Å². The second-order valence-corrected chi connectivity index (χ2v) is 8.62. The highest BCUT2D eigenvalue weighted by Gasteiger charge is 2.47. The van der Waals surface area contributed by atoms with E-state index >= 15 is 0 Å². The van der Waals surface area contributed by atoms with Crippen molar-refractivity contribution in [1.82, 2.24) is 15.2 Å². The third kappa shape index (κ3) is 4.65. The number of piperidine rings is 1. The van der Waals surface area contributed by atoms with Crippen LogP contribution >= 0.6 is 0 Å². The third-order valence-corrected chi connectivity index (χ3v) is 5.37. The van der Waals surface area contributed by atoms with Crippen LogP contribution in [0.2, 0.25) is 0 Å². The van der Waals surface area contributed by atoms with Gasteiger partial charge in [0.25, 0.3) is 5.91 Å². The van der Waals surface area contributed by atoms with Gasteiger partial charge in [-0.05, 0) is 64.5 Å². The van der Waals surface area contributed by atoms with Gasteiger partial charge in [-0.25, -0.2) is 19.0 Å². The Morgan fingerprint density at radius 2 is 1.90 bits per heavy atom. The van der Waals surface area contributed by atoms with Crippen molar-refractivity contribution in [2.45, 2.75) is 70.2 Å². The smallest absolute Gasteiger partial charge is 0.408 e. The van der Waals surface area contributed by atoms with E-state index in [9.17, 15) is 23.9 Å². The average Bonchev–Trinajstić information content (AvgIpc) is 2.87. The molecule has 0 radical (unpaired) electrons. The molecule has 0 saturated carbocycles. The summed E-state index contributed by atoms with van der Waals surface area (Å²) in [5.41, 5.74) is -0.959. The number of nitrogens with one attached hydrogen (secondary N) is 1. The van der Waals surface area contributed by atoms with E-state index in [1.54, 1.807) is 25.7 Å². The Morgan fingerprint density at radius 1 is 1.28 bits per heavy atom. The highest BCUT2D eigenvalue weighted by Crippen LogP contribution is 2.41. The van der Waals surface area contributed by atoms with Crippen LogP contribution in [0.1, 0.15) is 56.9 Å². The summed E-state index contributed by atoms with van der Waals surface area (Å²) in [5.74, 6) is -2.64. The standard InChI is InChI=1S/C20H26FN3O5/c1-20(2,3)29-19(28)23-15(18(26)27)11-9-12-6-7-13(10-11)24(12)17(25)16-14(21)5-4-8-22-16/h4-5,8,11-13,15H,6-7,9-10H2,1-3H3,(H,23,28)(H,26,27)/t11?,12?,13?,15-/m0/s1. The first-order valence-electron chi connectivity index (χ1n) is 9.72. The molecule has 29 heavy (non-hydrogen) atoms. The third-order valence-electron chi connectivity index (χ3n) is 5.37. The quantitative estimate of drug-likeness (QED) is 0.794. The minimum atomic E-state index is -1.14. The lowest BCUT2D eigenvalue weighted by molar-refractivity contribution is -0.141. The molecule has 3 heterocycles. The number of nitrogens with zero attached hydrogens (tertiary/aromatic N) is 2. The van der Waals surface area contributed by atoms with Crippen LogP contribution in [0.15, 0.2) is 18.3 Å². The molecular formula is C20H26FN3O5. The number of aliphatic carboxylic acids is 1. The number of amides is 2. The van der Waals surface area contributed by atoms with E-state index in [0.717, 1.165) is 0 Å². The van der Waals surface area contributed by atoms with Gasteiger partial charge in [-0.3, -0.25) is 4.79 Å². The number of carboxylic acid groups (broad SMARTS) is 1. The van der Waals surface area contributed by atoms with E-state index in [2.05, 4.69) is 10.3 Å². The predicted octanol–water partition coefficient (Wildman–Crippen LogP) is 2.58. The van der Waals surface area contributed by atoms with Gasteiger partial charge in [0, 0.05) is 18.3 Å². The number of hydrogen-bond donors (Lipinski definition) is 2. The molecule has 0 aromatic carbocycles. The Bertz CT molecular complexity index is 796. The number of alkyl carbamates (subject to hydrolysis) is 1. The van der Waals surface area contributed by atoms with Crippen LogP contribution in [-0.2, 0) is 9.53 Å². The zero-order valence-electron chi connectivity index (χ0n) is 16.7. The van der Waals surface area contributed by atoms with Gasteiger partial charge in [0.2, 0.25) is 0 Å². The lowest BCUT2D eigenvalue weighted by Crippen LogP contribution is -2.54. The van der Waals surface area contributed by atoms with Crippen molar-refractivity contribution in [2.75, 3.05) is 0 Å². The van der Waals surface area contributed by atoms with Gasteiger partial charge in [-0.1, -0.05) is 0 Å². The Labute approximate surface area is 168 Å². The molecule has 2 unspecified atom stereocenters. The predicted molar refractivity (Wildman–Crippen MR) is 101 cm³/mol. The molecular weight excluding hydrogens is 381 g/mol. The molecule has 0 aliphatic carbocycles. The molecule has 8 nitrogen and oxygen atoms in total. The molecule has 2 saturated heterocycles. The van der Waals surface area contributed by atoms with E-state index in [1.807, 2.05) is 0 Å².